The predicted octanol–water partition coefficient (Wildman–Crippen LogP) is 0.764. The molecule has 1 aromatic heterocycles. The van der Waals surface area contributed by atoms with Gasteiger partial charge in [-0.25, -0.2) is 4.98 Å². The molecule has 0 unspecified atom stereocenters. The molecule has 0 amide bonds. The van der Waals surface area contributed by atoms with Gasteiger partial charge >= 0.3 is 0 Å². The minimum absolute atomic E-state index is 0.0709. The van der Waals surface area contributed by atoms with Gasteiger partial charge in [-0.3, -0.25) is 4.79 Å². The van der Waals surface area contributed by atoms with E-state index >= 15 is 0 Å². The van der Waals surface area contributed by atoms with Crippen molar-refractivity contribution < 1.29 is 5.11 Å². The Bertz CT molecular complexity index is 297. The molecule has 5 heteroatoms. The van der Waals surface area contributed by atoms with E-state index in [1.54, 1.807) is 0 Å². The van der Waals surface area contributed by atoms with Crippen molar-refractivity contribution in [2.75, 3.05) is 5.94 Å². The van der Waals surface area contributed by atoms with Crippen LogP contribution in [0.15, 0.2) is 16.0 Å². The summed E-state index contributed by atoms with van der Waals surface area (Å²) >= 11 is 1.12. The zero-order chi connectivity index (χ0) is 9.68. The number of nitrogens with zero attached hydrogens (tertiary/aromatic N) is 1. The Morgan fingerprint density at radius 1 is 1.69 bits per heavy atom. The Balaban J connectivity index is 2.90. The molecule has 13 heavy (non-hydrogen) atoms. The fraction of sp³-hybridized carbons (Fsp3) is 0.500. The standard InChI is InChI=1S/C8H12N2O2S/c1-2-3-6-4-7(12)10-8(9-6)13-5-11/h4,11H,2-3,5H2,1H3,(H,9,10,12). The van der Waals surface area contributed by atoms with Gasteiger partial charge in [-0.1, -0.05) is 25.1 Å². The second-order valence-electron chi connectivity index (χ2n) is 2.57. The van der Waals surface area contributed by atoms with Crippen LogP contribution in [-0.2, 0) is 6.42 Å². The molecule has 0 fully saturated rings. The summed E-state index contributed by atoms with van der Waals surface area (Å²) < 4.78 is 0. The van der Waals surface area contributed by atoms with E-state index in [9.17, 15) is 4.79 Å². The van der Waals surface area contributed by atoms with Crippen LogP contribution in [0.2, 0.25) is 0 Å². The Morgan fingerprint density at radius 3 is 3.08 bits per heavy atom. The molecule has 0 aromatic carbocycles. The van der Waals surface area contributed by atoms with Crippen LogP contribution < -0.4 is 5.56 Å². The van der Waals surface area contributed by atoms with Crippen molar-refractivity contribution in [3.63, 3.8) is 0 Å². The zero-order valence-electron chi connectivity index (χ0n) is 7.41. The second-order valence-corrected chi connectivity index (χ2v) is 3.50. The van der Waals surface area contributed by atoms with E-state index in [2.05, 4.69) is 9.97 Å². The van der Waals surface area contributed by atoms with Crippen molar-refractivity contribution >= 4 is 11.8 Å². The third-order valence-electron chi connectivity index (χ3n) is 1.48. The Hall–Kier alpha value is -0.810. The average Bonchev–Trinajstić information content (AvgIpc) is 2.04. The van der Waals surface area contributed by atoms with Gasteiger partial charge < -0.3 is 10.1 Å². The first-order valence-corrected chi connectivity index (χ1v) is 5.08. The summed E-state index contributed by atoms with van der Waals surface area (Å²) in [6.07, 6.45) is 1.75. The van der Waals surface area contributed by atoms with Gasteiger partial charge in [0, 0.05) is 11.8 Å². The van der Waals surface area contributed by atoms with E-state index in [0.717, 1.165) is 30.3 Å². The van der Waals surface area contributed by atoms with Crippen LogP contribution >= 0.6 is 11.8 Å². The zero-order valence-corrected chi connectivity index (χ0v) is 8.23. The van der Waals surface area contributed by atoms with Gasteiger partial charge in [0.1, 0.15) is 0 Å². The lowest BCUT2D eigenvalue weighted by Gasteiger charge is -2.00. The minimum atomic E-state index is -0.158. The van der Waals surface area contributed by atoms with Gasteiger partial charge in [-0.05, 0) is 6.42 Å². The first-order valence-electron chi connectivity index (χ1n) is 4.10. The first kappa shape index (κ1) is 10.3. The van der Waals surface area contributed by atoms with Crippen molar-refractivity contribution in [3.8, 4) is 0 Å². The van der Waals surface area contributed by atoms with Gasteiger partial charge in [-0.15, -0.1) is 0 Å². The molecule has 4 nitrogen and oxygen atoms in total. The van der Waals surface area contributed by atoms with Gasteiger partial charge in [0.05, 0.1) is 5.94 Å². The summed E-state index contributed by atoms with van der Waals surface area (Å²) in [5, 5.41) is 9.12. The molecular weight excluding hydrogens is 188 g/mol. The van der Waals surface area contributed by atoms with Crippen molar-refractivity contribution in [1.82, 2.24) is 9.97 Å². The van der Waals surface area contributed by atoms with E-state index in [1.807, 2.05) is 6.92 Å². The lowest BCUT2D eigenvalue weighted by molar-refractivity contribution is 0.374. The smallest absolute Gasteiger partial charge is 0.251 e. The fourth-order valence-electron chi connectivity index (χ4n) is 0.997. The molecule has 1 rings (SSSR count). The number of aliphatic hydroxyl groups excluding tert-OH is 1. The second kappa shape index (κ2) is 5.04. The molecule has 1 aromatic rings. The number of aliphatic hydroxyl groups is 1. The Kier molecular flexibility index (Phi) is 3.98. The van der Waals surface area contributed by atoms with Crippen LogP contribution in [0, 0.1) is 0 Å². The molecule has 0 saturated heterocycles. The first-order chi connectivity index (χ1) is 6.26. The summed E-state index contributed by atoms with van der Waals surface area (Å²) in [5.74, 6) is -0.0709. The number of aryl methyl sites for hydroxylation is 1. The monoisotopic (exact) mass is 200 g/mol. The van der Waals surface area contributed by atoms with Gasteiger partial charge in [0.15, 0.2) is 5.16 Å². The van der Waals surface area contributed by atoms with Gasteiger partial charge in [-0.2, -0.15) is 0 Å². The predicted molar refractivity (Wildman–Crippen MR) is 51.8 cm³/mol. The van der Waals surface area contributed by atoms with Gasteiger partial charge in [0.2, 0.25) is 0 Å². The number of aromatic amines is 1. The van der Waals surface area contributed by atoms with Crippen molar-refractivity contribution in [1.29, 1.82) is 0 Å². The summed E-state index contributed by atoms with van der Waals surface area (Å²) in [6, 6.07) is 1.49. The molecule has 72 valence electrons. The summed E-state index contributed by atoms with van der Waals surface area (Å²) in [6.45, 7) is 2.03. The summed E-state index contributed by atoms with van der Waals surface area (Å²) in [4.78, 5) is 17.8. The quantitative estimate of drug-likeness (QED) is 0.428. The number of rotatable bonds is 4. The SMILES string of the molecule is CCCc1cc(=O)[nH]c(SCO)n1. The molecule has 0 radical (unpaired) electrons. The van der Waals surface area contributed by atoms with Crippen LogP contribution in [-0.4, -0.2) is 21.0 Å². The minimum Gasteiger partial charge on any atom is -0.385 e. The number of thioether (sulfide) groups is 1. The Morgan fingerprint density at radius 2 is 2.46 bits per heavy atom. The van der Waals surface area contributed by atoms with Crippen LogP contribution in [0.25, 0.3) is 0 Å². The maximum absolute atomic E-state index is 11.1. The highest BCUT2D eigenvalue weighted by Gasteiger charge is 2.00. The lowest BCUT2D eigenvalue weighted by atomic mass is 10.2. The molecule has 0 aliphatic rings. The molecule has 2 N–H and O–H groups in total. The Labute approximate surface area is 80.4 Å². The molecule has 0 bridgehead atoms. The highest BCUT2D eigenvalue weighted by atomic mass is 32.2. The van der Waals surface area contributed by atoms with Crippen LogP contribution in [0.4, 0.5) is 0 Å². The number of aromatic nitrogens is 2. The molecule has 0 atom stereocenters. The van der Waals surface area contributed by atoms with Crippen molar-refractivity contribution in [3.05, 3.63) is 22.1 Å². The maximum atomic E-state index is 11.1. The van der Waals surface area contributed by atoms with E-state index in [4.69, 9.17) is 5.11 Å². The summed E-state index contributed by atoms with van der Waals surface area (Å²) in [7, 11) is 0. The van der Waals surface area contributed by atoms with Crippen LogP contribution in [0.5, 0.6) is 0 Å². The summed E-state index contributed by atoms with van der Waals surface area (Å²) in [5.41, 5.74) is 0.622. The number of H-pyrrole nitrogens is 1. The van der Waals surface area contributed by atoms with E-state index in [1.165, 1.54) is 6.07 Å². The van der Waals surface area contributed by atoms with Gasteiger partial charge in [0.25, 0.3) is 5.56 Å². The van der Waals surface area contributed by atoms with Crippen LogP contribution in [0.3, 0.4) is 0 Å². The van der Waals surface area contributed by atoms with E-state index in [0.29, 0.717) is 5.16 Å². The third kappa shape index (κ3) is 3.20. The fourth-order valence-corrected chi connectivity index (χ4v) is 1.47. The highest BCUT2D eigenvalue weighted by Crippen LogP contribution is 2.09. The number of hydrogen-bond donors (Lipinski definition) is 2. The molecule has 0 saturated carbocycles. The van der Waals surface area contributed by atoms with Crippen molar-refractivity contribution in [2.45, 2.75) is 24.9 Å². The van der Waals surface area contributed by atoms with Crippen molar-refractivity contribution in [2.24, 2.45) is 0 Å². The molecular formula is C8H12N2O2S. The van der Waals surface area contributed by atoms with Crippen LogP contribution in [0.1, 0.15) is 19.0 Å². The average molecular weight is 200 g/mol. The van der Waals surface area contributed by atoms with E-state index in [-0.39, 0.29) is 11.5 Å². The highest BCUT2D eigenvalue weighted by molar-refractivity contribution is 7.98. The molecule has 0 aliphatic heterocycles. The number of hydrogen-bond acceptors (Lipinski definition) is 4. The van der Waals surface area contributed by atoms with E-state index < -0.39 is 0 Å². The number of nitrogens with one attached hydrogen (secondary N) is 1. The lowest BCUT2D eigenvalue weighted by Crippen LogP contribution is -2.10. The third-order valence-corrected chi connectivity index (χ3v) is 2.08. The molecule has 1 heterocycles. The largest absolute Gasteiger partial charge is 0.385 e. The maximum Gasteiger partial charge on any atom is 0.251 e. The molecule has 0 aliphatic carbocycles. The molecule has 0 spiro atoms. The normalized spacial score (nSPS) is 10.3. The topological polar surface area (TPSA) is 66.0 Å².